The van der Waals surface area contributed by atoms with Gasteiger partial charge in [0, 0.05) is 5.56 Å². The largest absolute Gasteiger partial charge is 0.490 e. The Labute approximate surface area is 151 Å². The molecule has 0 saturated heterocycles. The first-order chi connectivity index (χ1) is 12.3. The molecule has 2 N–H and O–H groups in total. The molecule has 1 heterocycles. The van der Waals surface area contributed by atoms with Crippen LogP contribution in [0.5, 0.6) is 11.5 Å². The van der Waals surface area contributed by atoms with Crippen LogP contribution < -0.4 is 14.9 Å². The van der Waals surface area contributed by atoms with Crippen molar-refractivity contribution in [3.05, 3.63) is 70.8 Å². The lowest BCUT2D eigenvalue weighted by atomic mass is 10.2. The van der Waals surface area contributed by atoms with Gasteiger partial charge in [-0.15, -0.1) is 0 Å². The number of para-hydroxylation sites is 1. The van der Waals surface area contributed by atoms with Gasteiger partial charge < -0.3 is 14.9 Å². The highest BCUT2D eigenvalue weighted by molar-refractivity contribution is 7.71. The molecular formula is C18H20N4O2S. The zero-order chi connectivity index (χ0) is 17.5. The Morgan fingerprint density at radius 1 is 1.12 bits per heavy atom. The normalized spacial score (nSPS) is 10.4. The molecule has 2 aromatic carbocycles. The number of benzene rings is 2. The van der Waals surface area contributed by atoms with Crippen molar-refractivity contribution in [2.24, 2.45) is 0 Å². The number of nitrogens with one attached hydrogen (secondary N) is 2. The fraction of sp³-hybridized carbons (Fsp3) is 0.222. The number of nitrogens with zero attached hydrogens (tertiary/aromatic N) is 2. The Morgan fingerprint density at radius 2 is 1.96 bits per heavy atom. The quantitative estimate of drug-likeness (QED) is 0.603. The summed E-state index contributed by atoms with van der Waals surface area (Å²) >= 11 is 5.14. The summed E-state index contributed by atoms with van der Waals surface area (Å²) in [6.45, 7) is 3.53. The predicted molar refractivity (Wildman–Crippen MR) is 98.9 cm³/mol. The monoisotopic (exact) mass is 356 g/mol. The van der Waals surface area contributed by atoms with E-state index in [1.165, 1.54) is 0 Å². The molecular weight excluding hydrogens is 336 g/mol. The Balaban J connectivity index is 1.79. The molecule has 130 valence electrons. The van der Waals surface area contributed by atoms with Crippen LogP contribution >= 0.6 is 12.2 Å². The van der Waals surface area contributed by atoms with Crippen LogP contribution in [0.4, 0.5) is 0 Å². The number of aromatic nitrogens is 3. The molecule has 0 amide bonds. The van der Waals surface area contributed by atoms with Crippen molar-refractivity contribution >= 4 is 12.2 Å². The van der Waals surface area contributed by atoms with E-state index in [0.717, 1.165) is 22.6 Å². The van der Waals surface area contributed by atoms with Crippen LogP contribution in [-0.4, -0.2) is 21.5 Å². The van der Waals surface area contributed by atoms with E-state index in [9.17, 15) is 0 Å². The van der Waals surface area contributed by atoms with Crippen molar-refractivity contribution in [3.63, 3.8) is 0 Å². The van der Waals surface area contributed by atoms with Crippen LogP contribution in [0, 0.1) is 4.77 Å². The van der Waals surface area contributed by atoms with Crippen LogP contribution in [0.3, 0.4) is 0 Å². The fourth-order valence-electron chi connectivity index (χ4n) is 2.39. The summed E-state index contributed by atoms with van der Waals surface area (Å²) in [4.78, 5) is 0. The van der Waals surface area contributed by atoms with Gasteiger partial charge in [-0.3, -0.25) is 5.10 Å². The summed E-state index contributed by atoms with van der Waals surface area (Å²) in [7, 11) is 0. The molecule has 7 heteroatoms. The molecule has 0 spiro atoms. The molecule has 0 fully saturated rings. The van der Waals surface area contributed by atoms with E-state index >= 15 is 0 Å². The number of H-pyrrole nitrogens is 1. The predicted octanol–water partition coefficient (Wildman–Crippen LogP) is 3.66. The summed E-state index contributed by atoms with van der Waals surface area (Å²) in [5.74, 6) is 1.46. The molecule has 0 aliphatic rings. The van der Waals surface area contributed by atoms with Crippen molar-refractivity contribution < 1.29 is 9.47 Å². The molecule has 0 atom stereocenters. The Bertz CT molecular complexity index is 861. The standard InChI is InChI=1S/C18H20N4O2S/c1-2-23-16-10-6-9-15(11-20-22-13-19-21-18(22)25)17(16)24-12-14-7-4-3-5-8-14/h3-10,13,20H,2,11-12H2,1H3,(H,21,25). The Hall–Kier alpha value is -2.80. The molecule has 0 unspecified atom stereocenters. The Kier molecular flexibility index (Phi) is 5.69. The van der Waals surface area contributed by atoms with E-state index in [0.29, 0.717) is 24.5 Å². The van der Waals surface area contributed by atoms with Gasteiger partial charge in [0.05, 0.1) is 13.2 Å². The van der Waals surface area contributed by atoms with Crippen molar-refractivity contribution in [2.75, 3.05) is 12.0 Å². The van der Waals surface area contributed by atoms with E-state index in [1.54, 1.807) is 11.0 Å². The maximum atomic E-state index is 6.08. The van der Waals surface area contributed by atoms with E-state index in [4.69, 9.17) is 21.7 Å². The van der Waals surface area contributed by atoms with Gasteiger partial charge in [0.1, 0.15) is 12.9 Å². The van der Waals surface area contributed by atoms with Crippen molar-refractivity contribution in [1.29, 1.82) is 0 Å². The number of hydrogen-bond acceptors (Lipinski definition) is 5. The van der Waals surface area contributed by atoms with Crippen LogP contribution in [0.2, 0.25) is 0 Å². The molecule has 1 aromatic heterocycles. The zero-order valence-corrected chi connectivity index (χ0v) is 14.8. The zero-order valence-electron chi connectivity index (χ0n) is 13.9. The van der Waals surface area contributed by atoms with E-state index < -0.39 is 0 Å². The summed E-state index contributed by atoms with van der Waals surface area (Å²) in [5.41, 5.74) is 5.28. The second kappa shape index (κ2) is 8.34. The van der Waals surface area contributed by atoms with E-state index in [-0.39, 0.29) is 0 Å². The van der Waals surface area contributed by atoms with Gasteiger partial charge in [-0.25, -0.2) is 4.68 Å². The number of aromatic amines is 1. The highest BCUT2D eigenvalue weighted by Crippen LogP contribution is 2.32. The number of hydrogen-bond donors (Lipinski definition) is 2. The molecule has 0 aliphatic carbocycles. The minimum Gasteiger partial charge on any atom is -0.490 e. The van der Waals surface area contributed by atoms with Gasteiger partial charge in [-0.05, 0) is 30.8 Å². The molecule has 0 bridgehead atoms. The summed E-state index contributed by atoms with van der Waals surface area (Å²) < 4.78 is 14.0. The SMILES string of the molecule is CCOc1cccc(CNn2cn[nH]c2=S)c1OCc1ccccc1. The van der Waals surface area contributed by atoms with Gasteiger partial charge in [0.2, 0.25) is 4.77 Å². The lowest BCUT2D eigenvalue weighted by Crippen LogP contribution is -2.14. The van der Waals surface area contributed by atoms with E-state index in [2.05, 4.69) is 15.6 Å². The lowest BCUT2D eigenvalue weighted by molar-refractivity contribution is 0.267. The van der Waals surface area contributed by atoms with Gasteiger partial charge >= 0.3 is 0 Å². The molecule has 0 radical (unpaired) electrons. The van der Waals surface area contributed by atoms with Crippen LogP contribution in [0.15, 0.2) is 54.9 Å². The third-order valence-corrected chi connectivity index (χ3v) is 3.87. The number of ether oxygens (including phenoxy) is 2. The average Bonchev–Trinajstić information content (AvgIpc) is 3.05. The molecule has 6 nitrogen and oxygen atoms in total. The second-order valence-electron chi connectivity index (χ2n) is 5.32. The first-order valence-electron chi connectivity index (χ1n) is 8.05. The van der Waals surface area contributed by atoms with Gasteiger partial charge in [-0.1, -0.05) is 42.5 Å². The minimum atomic E-state index is 0.475. The van der Waals surface area contributed by atoms with Gasteiger partial charge in [-0.2, -0.15) is 5.10 Å². The molecule has 25 heavy (non-hydrogen) atoms. The highest BCUT2D eigenvalue weighted by atomic mass is 32.1. The average molecular weight is 356 g/mol. The molecule has 3 rings (SSSR count). The maximum Gasteiger partial charge on any atom is 0.214 e. The fourth-order valence-corrected chi connectivity index (χ4v) is 2.56. The maximum absolute atomic E-state index is 6.08. The van der Waals surface area contributed by atoms with Crippen molar-refractivity contribution in [1.82, 2.24) is 14.9 Å². The van der Waals surface area contributed by atoms with Gasteiger partial charge in [0.15, 0.2) is 11.5 Å². The third-order valence-electron chi connectivity index (χ3n) is 3.58. The first-order valence-corrected chi connectivity index (χ1v) is 8.46. The molecule has 3 aromatic rings. The minimum absolute atomic E-state index is 0.475. The highest BCUT2D eigenvalue weighted by Gasteiger charge is 2.11. The van der Waals surface area contributed by atoms with Crippen LogP contribution in [0.25, 0.3) is 0 Å². The first kappa shape index (κ1) is 17.0. The van der Waals surface area contributed by atoms with Crippen molar-refractivity contribution in [2.45, 2.75) is 20.1 Å². The van der Waals surface area contributed by atoms with Crippen molar-refractivity contribution in [3.8, 4) is 11.5 Å². The summed E-state index contributed by atoms with van der Waals surface area (Å²) in [6, 6.07) is 15.9. The third kappa shape index (κ3) is 4.39. The second-order valence-corrected chi connectivity index (χ2v) is 5.70. The lowest BCUT2D eigenvalue weighted by Gasteiger charge is -2.17. The van der Waals surface area contributed by atoms with Crippen LogP contribution in [-0.2, 0) is 13.2 Å². The molecule has 0 aliphatic heterocycles. The smallest absolute Gasteiger partial charge is 0.214 e. The van der Waals surface area contributed by atoms with Gasteiger partial charge in [0.25, 0.3) is 0 Å². The molecule has 0 saturated carbocycles. The van der Waals surface area contributed by atoms with E-state index in [1.807, 2.05) is 55.5 Å². The number of rotatable bonds is 8. The summed E-state index contributed by atoms with van der Waals surface area (Å²) in [5, 5.41) is 6.60. The topological polar surface area (TPSA) is 64.1 Å². The van der Waals surface area contributed by atoms with Crippen LogP contribution in [0.1, 0.15) is 18.1 Å². The summed E-state index contributed by atoms with van der Waals surface area (Å²) in [6.07, 6.45) is 1.60. The Morgan fingerprint density at radius 3 is 2.68 bits per heavy atom.